The Morgan fingerprint density at radius 2 is 1.72 bits per heavy atom. The van der Waals surface area contributed by atoms with Crippen LogP contribution in [0, 0.1) is 0 Å². The Balaban J connectivity index is 1.25. The predicted molar refractivity (Wildman–Crippen MR) is 125 cm³/mol. The number of hydrogen-bond acceptors (Lipinski definition) is 6. The quantitative estimate of drug-likeness (QED) is 0.685. The number of carbonyl (C=O) groups is 1. The molecule has 0 spiro atoms. The van der Waals surface area contributed by atoms with E-state index in [4.69, 9.17) is 14.2 Å². The lowest BCUT2D eigenvalue weighted by Gasteiger charge is -2.18. The SMILES string of the molecule is CC(C)c1ccc(NC(=O)O[C@@H]2CO[C@H]3[C@@H]2OC[C@@H]3NCc2ccc(N(C)C)cc2)cc1. The molecule has 2 N–H and O–H groups in total. The second kappa shape index (κ2) is 9.90. The minimum Gasteiger partial charge on any atom is -0.441 e. The summed E-state index contributed by atoms with van der Waals surface area (Å²) in [5.41, 5.74) is 4.31. The van der Waals surface area contributed by atoms with Crippen molar-refractivity contribution in [2.45, 2.75) is 50.7 Å². The number of anilines is 2. The number of hydrogen-bond donors (Lipinski definition) is 2. The minimum atomic E-state index is -0.488. The molecule has 2 fully saturated rings. The maximum absolute atomic E-state index is 12.4. The fourth-order valence-corrected chi connectivity index (χ4v) is 4.14. The van der Waals surface area contributed by atoms with Crippen molar-refractivity contribution in [3.05, 3.63) is 59.7 Å². The van der Waals surface area contributed by atoms with Gasteiger partial charge in [-0.2, -0.15) is 0 Å². The van der Waals surface area contributed by atoms with Gasteiger partial charge in [-0.25, -0.2) is 4.79 Å². The van der Waals surface area contributed by atoms with Crippen molar-refractivity contribution in [2.24, 2.45) is 0 Å². The Kier molecular flexibility index (Phi) is 6.98. The lowest BCUT2D eigenvalue weighted by atomic mass is 10.0. The maximum Gasteiger partial charge on any atom is 0.412 e. The first-order chi connectivity index (χ1) is 15.4. The fourth-order valence-electron chi connectivity index (χ4n) is 4.14. The van der Waals surface area contributed by atoms with Gasteiger partial charge >= 0.3 is 6.09 Å². The van der Waals surface area contributed by atoms with E-state index >= 15 is 0 Å². The second-order valence-corrected chi connectivity index (χ2v) is 8.99. The van der Waals surface area contributed by atoms with Crippen LogP contribution >= 0.6 is 0 Å². The molecule has 2 aliphatic rings. The van der Waals surface area contributed by atoms with Gasteiger partial charge in [0.2, 0.25) is 0 Å². The third kappa shape index (κ3) is 5.23. The molecule has 0 aromatic heterocycles. The molecular weight excluding hydrogens is 406 g/mol. The van der Waals surface area contributed by atoms with Gasteiger partial charge in [0.15, 0.2) is 6.10 Å². The highest BCUT2D eigenvalue weighted by Crippen LogP contribution is 2.29. The van der Waals surface area contributed by atoms with E-state index in [-0.39, 0.29) is 18.2 Å². The summed E-state index contributed by atoms with van der Waals surface area (Å²) in [5, 5.41) is 6.32. The molecule has 0 radical (unpaired) electrons. The molecule has 2 heterocycles. The molecular formula is C25H33N3O4. The van der Waals surface area contributed by atoms with Gasteiger partial charge in [-0.15, -0.1) is 0 Å². The third-order valence-electron chi connectivity index (χ3n) is 6.11. The van der Waals surface area contributed by atoms with E-state index in [0.717, 1.165) is 6.54 Å². The summed E-state index contributed by atoms with van der Waals surface area (Å²) >= 11 is 0. The third-order valence-corrected chi connectivity index (χ3v) is 6.11. The molecule has 2 saturated heterocycles. The summed E-state index contributed by atoms with van der Waals surface area (Å²) in [6.45, 7) is 5.87. The molecule has 7 nitrogen and oxygen atoms in total. The Hall–Kier alpha value is -2.61. The molecule has 172 valence electrons. The zero-order valence-electron chi connectivity index (χ0n) is 19.2. The molecule has 0 saturated carbocycles. The lowest BCUT2D eigenvalue weighted by Crippen LogP contribution is -2.41. The van der Waals surface area contributed by atoms with Crippen LogP contribution in [0.4, 0.5) is 16.2 Å². The molecule has 0 unspecified atom stereocenters. The summed E-state index contributed by atoms with van der Waals surface area (Å²) in [6, 6.07) is 16.3. The van der Waals surface area contributed by atoms with Gasteiger partial charge in [0.25, 0.3) is 0 Å². The smallest absolute Gasteiger partial charge is 0.412 e. The van der Waals surface area contributed by atoms with Crippen LogP contribution in [0.5, 0.6) is 0 Å². The van der Waals surface area contributed by atoms with E-state index in [9.17, 15) is 4.79 Å². The van der Waals surface area contributed by atoms with Crippen molar-refractivity contribution in [3.63, 3.8) is 0 Å². The summed E-state index contributed by atoms with van der Waals surface area (Å²) in [5.74, 6) is 0.446. The van der Waals surface area contributed by atoms with Gasteiger partial charge in [-0.1, -0.05) is 38.1 Å². The number of nitrogens with one attached hydrogen (secondary N) is 2. The van der Waals surface area contributed by atoms with Crippen molar-refractivity contribution in [2.75, 3.05) is 37.5 Å². The van der Waals surface area contributed by atoms with Crippen LogP contribution in [0.3, 0.4) is 0 Å². The topological polar surface area (TPSA) is 72.1 Å². The van der Waals surface area contributed by atoms with Crippen LogP contribution in [0.15, 0.2) is 48.5 Å². The zero-order chi connectivity index (χ0) is 22.7. The number of amides is 1. The minimum absolute atomic E-state index is 0.0637. The predicted octanol–water partition coefficient (Wildman–Crippen LogP) is 3.75. The number of rotatable bonds is 7. The van der Waals surface area contributed by atoms with E-state index in [1.165, 1.54) is 16.8 Å². The summed E-state index contributed by atoms with van der Waals surface area (Å²) in [4.78, 5) is 14.5. The van der Waals surface area contributed by atoms with Crippen LogP contribution in [-0.4, -0.2) is 57.8 Å². The van der Waals surface area contributed by atoms with Crippen molar-refractivity contribution < 1.29 is 19.0 Å². The average Bonchev–Trinajstić information content (AvgIpc) is 3.36. The Bertz CT molecular complexity index is 898. The Labute approximate surface area is 190 Å². The van der Waals surface area contributed by atoms with Crippen LogP contribution in [0.1, 0.15) is 30.9 Å². The van der Waals surface area contributed by atoms with Crippen LogP contribution < -0.4 is 15.5 Å². The number of nitrogens with zero attached hydrogens (tertiary/aromatic N) is 1. The van der Waals surface area contributed by atoms with Gasteiger partial charge in [-0.05, 0) is 41.3 Å². The second-order valence-electron chi connectivity index (χ2n) is 8.99. The Morgan fingerprint density at radius 3 is 2.38 bits per heavy atom. The van der Waals surface area contributed by atoms with Crippen molar-refractivity contribution in [1.82, 2.24) is 5.32 Å². The van der Waals surface area contributed by atoms with E-state index in [1.807, 2.05) is 38.4 Å². The van der Waals surface area contributed by atoms with Crippen molar-refractivity contribution in [1.29, 1.82) is 0 Å². The molecule has 7 heteroatoms. The summed E-state index contributed by atoms with van der Waals surface area (Å²) in [6.07, 6.45) is -1.28. The van der Waals surface area contributed by atoms with Gasteiger partial charge in [0.05, 0.1) is 19.3 Å². The number of carbonyl (C=O) groups excluding carboxylic acids is 1. The standard InChI is InChI=1S/C25H33N3O4/c1-16(2)18-7-9-19(10-8-18)27-25(29)32-22-15-31-23-21(14-30-24(22)23)26-13-17-5-11-20(12-6-17)28(3)4/h5-12,16,21-24,26H,13-15H2,1-4H3,(H,27,29)/t21-,22+,23+,24+/m0/s1. The van der Waals surface area contributed by atoms with Crippen LogP contribution in [0.2, 0.25) is 0 Å². The highest BCUT2D eigenvalue weighted by molar-refractivity contribution is 5.84. The lowest BCUT2D eigenvalue weighted by molar-refractivity contribution is 0.00854. The fraction of sp³-hybridized carbons (Fsp3) is 0.480. The average molecular weight is 440 g/mol. The van der Waals surface area contributed by atoms with Crippen molar-refractivity contribution >= 4 is 17.5 Å². The van der Waals surface area contributed by atoms with Gasteiger partial charge < -0.3 is 24.4 Å². The van der Waals surface area contributed by atoms with E-state index < -0.39 is 12.2 Å². The highest BCUT2D eigenvalue weighted by atomic mass is 16.6. The van der Waals surface area contributed by atoms with Crippen LogP contribution in [0.25, 0.3) is 0 Å². The largest absolute Gasteiger partial charge is 0.441 e. The summed E-state index contributed by atoms with van der Waals surface area (Å²) < 4.78 is 17.5. The van der Waals surface area contributed by atoms with Gasteiger partial charge in [0, 0.05) is 32.0 Å². The van der Waals surface area contributed by atoms with E-state index in [1.54, 1.807) is 0 Å². The van der Waals surface area contributed by atoms with Crippen molar-refractivity contribution in [3.8, 4) is 0 Å². The maximum atomic E-state index is 12.4. The molecule has 2 aromatic carbocycles. The molecule has 2 aliphatic heterocycles. The number of benzene rings is 2. The van der Waals surface area contributed by atoms with E-state index in [2.05, 4.69) is 53.6 Å². The molecule has 0 aliphatic carbocycles. The first-order valence-electron chi connectivity index (χ1n) is 11.2. The number of fused-ring (bicyclic) bond motifs is 1. The zero-order valence-corrected chi connectivity index (χ0v) is 19.2. The Morgan fingerprint density at radius 1 is 1.03 bits per heavy atom. The normalized spacial score (nSPS) is 24.4. The molecule has 4 atom stereocenters. The van der Waals surface area contributed by atoms with E-state index in [0.29, 0.717) is 24.8 Å². The number of ether oxygens (including phenoxy) is 3. The van der Waals surface area contributed by atoms with Gasteiger partial charge in [-0.3, -0.25) is 5.32 Å². The molecule has 1 amide bonds. The molecule has 0 bridgehead atoms. The highest BCUT2D eigenvalue weighted by Gasteiger charge is 2.49. The molecule has 32 heavy (non-hydrogen) atoms. The monoisotopic (exact) mass is 439 g/mol. The first-order valence-corrected chi connectivity index (χ1v) is 11.2. The molecule has 4 rings (SSSR count). The summed E-state index contributed by atoms with van der Waals surface area (Å²) in [7, 11) is 4.06. The molecule has 2 aromatic rings. The van der Waals surface area contributed by atoms with Gasteiger partial charge in [0.1, 0.15) is 12.2 Å². The van der Waals surface area contributed by atoms with Crippen LogP contribution in [-0.2, 0) is 20.8 Å². The first kappa shape index (κ1) is 22.6.